The molecular formula is C19H31NO. The highest BCUT2D eigenvalue weighted by Gasteiger charge is 2.55. The first-order valence-corrected chi connectivity index (χ1v) is 9.17. The second-order valence-corrected chi connectivity index (χ2v) is 8.45. The Morgan fingerprint density at radius 2 is 2.00 bits per heavy atom. The molecule has 0 aromatic carbocycles. The van der Waals surface area contributed by atoms with E-state index in [1.807, 2.05) is 0 Å². The quantitative estimate of drug-likeness (QED) is 0.724. The van der Waals surface area contributed by atoms with Gasteiger partial charge >= 0.3 is 0 Å². The van der Waals surface area contributed by atoms with Gasteiger partial charge in [-0.05, 0) is 87.5 Å². The average molecular weight is 289 g/mol. The predicted octanol–water partition coefficient (Wildman–Crippen LogP) is 3.51. The Labute approximate surface area is 129 Å². The Balaban J connectivity index is 1.60. The number of aliphatic hydroxyl groups is 1. The lowest BCUT2D eigenvalue weighted by atomic mass is 9.52. The maximum Gasteiger partial charge on any atom is 0.0577 e. The summed E-state index contributed by atoms with van der Waals surface area (Å²) in [7, 11) is 2.16. The molecule has 0 saturated heterocycles. The van der Waals surface area contributed by atoms with Crippen LogP contribution in [0.2, 0.25) is 0 Å². The van der Waals surface area contributed by atoms with Gasteiger partial charge < -0.3 is 10.4 Å². The highest BCUT2D eigenvalue weighted by atomic mass is 16.3. The van der Waals surface area contributed by atoms with E-state index in [1.165, 1.54) is 38.5 Å². The van der Waals surface area contributed by atoms with E-state index in [-0.39, 0.29) is 6.10 Å². The zero-order valence-electron chi connectivity index (χ0n) is 13.6. The number of hydrogen-bond acceptors (Lipinski definition) is 2. The molecule has 2 nitrogen and oxygen atoms in total. The maximum absolute atomic E-state index is 9.95. The van der Waals surface area contributed by atoms with E-state index in [9.17, 15) is 5.11 Å². The zero-order valence-corrected chi connectivity index (χ0v) is 13.6. The molecule has 4 rings (SSSR count). The SMILES string of the molecule is CN[C@H]1CC[C@H]2[C@@H]3CC=C4C[C@H](O)CC[C@@H]4[C@H]3CC[C@]12C. The molecule has 0 amide bonds. The van der Waals surface area contributed by atoms with Crippen molar-refractivity contribution in [3.05, 3.63) is 11.6 Å². The Morgan fingerprint density at radius 3 is 2.81 bits per heavy atom. The summed E-state index contributed by atoms with van der Waals surface area (Å²) in [6.45, 7) is 2.56. The number of nitrogens with one attached hydrogen (secondary N) is 1. The van der Waals surface area contributed by atoms with Crippen LogP contribution in [0, 0.1) is 29.1 Å². The van der Waals surface area contributed by atoms with Crippen molar-refractivity contribution in [2.75, 3.05) is 7.05 Å². The summed E-state index contributed by atoms with van der Waals surface area (Å²) in [6.07, 6.45) is 12.7. The smallest absolute Gasteiger partial charge is 0.0577 e. The average Bonchev–Trinajstić information content (AvgIpc) is 2.83. The molecule has 118 valence electrons. The summed E-state index contributed by atoms with van der Waals surface area (Å²) in [5.41, 5.74) is 2.15. The van der Waals surface area contributed by atoms with Crippen molar-refractivity contribution in [3.63, 3.8) is 0 Å². The van der Waals surface area contributed by atoms with Crippen LogP contribution in [-0.2, 0) is 0 Å². The van der Waals surface area contributed by atoms with E-state index in [4.69, 9.17) is 0 Å². The normalized spacial score (nSPS) is 52.6. The number of rotatable bonds is 1. The molecule has 0 spiro atoms. The Bertz CT molecular complexity index is 445. The van der Waals surface area contributed by atoms with Crippen LogP contribution in [0.3, 0.4) is 0 Å². The molecule has 0 heterocycles. The molecule has 3 saturated carbocycles. The number of fused-ring (bicyclic) bond motifs is 5. The highest BCUT2D eigenvalue weighted by Crippen LogP contribution is 2.61. The van der Waals surface area contributed by atoms with Gasteiger partial charge in [0.25, 0.3) is 0 Å². The second kappa shape index (κ2) is 5.09. The maximum atomic E-state index is 9.95. The predicted molar refractivity (Wildman–Crippen MR) is 85.9 cm³/mol. The van der Waals surface area contributed by atoms with Crippen LogP contribution >= 0.6 is 0 Å². The van der Waals surface area contributed by atoms with Crippen molar-refractivity contribution in [1.82, 2.24) is 5.32 Å². The Morgan fingerprint density at radius 1 is 1.14 bits per heavy atom. The molecule has 0 aromatic rings. The topological polar surface area (TPSA) is 32.3 Å². The third kappa shape index (κ3) is 2.05. The summed E-state index contributed by atoms with van der Waals surface area (Å²) in [4.78, 5) is 0. The molecule has 3 fully saturated rings. The Hall–Kier alpha value is -0.340. The fourth-order valence-electron chi connectivity index (χ4n) is 6.72. The van der Waals surface area contributed by atoms with Gasteiger partial charge in [-0.2, -0.15) is 0 Å². The monoisotopic (exact) mass is 289 g/mol. The molecule has 0 bridgehead atoms. The molecule has 2 N–H and O–H groups in total. The number of hydrogen-bond donors (Lipinski definition) is 2. The van der Waals surface area contributed by atoms with E-state index < -0.39 is 0 Å². The van der Waals surface area contributed by atoms with Crippen molar-refractivity contribution in [2.24, 2.45) is 29.1 Å². The van der Waals surface area contributed by atoms with Gasteiger partial charge in [0.05, 0.1) is 6.10 Å². The van der Waals surface area contributed by atoms with Crippen molar-refractivity contribution in [1.29, 1.82) is 0 Å². The standard InChI is InChI=1S/C19H31NO/c1-19-10-9-15-14-6-4-13(21)11-12(14)3-5-16(15)17(19)7-8-18(19)20-2/h3,13-18,20-21H,4-11H2,1-2H3/t13-,14+,15-,16-,17+,18+,19+/m1/s1. The Kier molecular flexibility index (Phi) is 3.46. The fourth-order valence-corrected chi connectivity index (χ4v) is 6.72. The molecule has 4 aliphatic carbocycles. The molecule has 7 atom stereocenters. The van der Waals surface area contributed by atoms with Crippen molar-refractivity contribution >= 4 is 0 Å². The third-order valence-electron chi connectivity index (χ3n) is 7.77. The van der Waals surface area contributed by atoms with E-state index in [0.717, 1.165) is 42.6 Å². The van der Waals surface area contributed by atoms with Crippen molar-refractivity contribution < 1.29 is 5.11 Å². The minimum atomic E-state index is -0.0574. The van der Waals surface area contributed by atoms with Crippen LogP contribution in [0.4, 0.5) is 0 Å². The lowest BCUT2D eigenvalue weighted by Crippen LogP contribution is -2.50. The number of aliphatic hydroxyl groups excluding tert-OH is 1. The van der Waals surface area contributed by atoms with Gasteiger partial charge in [-0.3, -0.25) is 0 Å². The van der Waals surface area contributed by atoms with Crippen molar-refractivity contribution in [3.8, 4) is 0 Å². The molecule has 2 heteroatoms. The van der Waals surface area contributed by atoms with Gasteiger partial charge in [0.2, 0.25) is 0 Å². The summed E-state index contributed by atoms with van der Waals surface area (Å²) in [5, 5.41) is 13.6. The van der Waals surface area contributed by atoms with Gasteiger partial charge in [0.15, 0.2) is 0 Å². The van der Waals surface area contributed by atoms with Crippen LogP contribution in [0.5, 0.6) is 0 Å². The lowest BCUT2D eigenvalue weighted by molar-refractivity contribution is -0.00854. The molecule has 0 aliphatic heterocycles. The molecular weight excluding hydrogens is 258 g/mol. The first-order chi connectivity index (χ1) is 10.1. The first-order valence-electron chi connectivity index (χ1n) is 9.17. The highest BCUT2D eigenvalue weighted by molar-refractivity contribution is 5.20. The summed E-state index contributed by atoms with van der Waals surface area (Å²) < 4.78 is 0. The lowest BCUT2D eigenvalue weighted by Gasteiger charge is -2.53. The number of allylic oxidation sites excluding steroid dienone is 1. The largest absolute Gasteiger partial charge is 0.393 e. The van der Waals surface area contributed by atoms with E-state index in [0.29, 0.717) is 5.41 Å². The van der Waals surface area contributed by atoms with Crippen LogP contribution in [0.25, 0.3) is 0 Å². The van der Waals surface area contributed by atoms with Crippen LogP contribution < -0.4 is 5.32 Å². The third-order valence-corrected chi connectivity index (χ3v) is 7.77. The van der Waals surface area contributed by atoms with E-state index in [1.54, 1.807) is 5.57 Å². The summed E-state index contributed by atoms with van der Waals surface area (Å²) in [5.74, 6) is 3.58. The fraction of sp³-hybridized carbons (Fsp3) is 0.895. The van der Waals surface area contributed by atoms with Crippen LogP contribution in [-0.4, -0.2) is 24.3 Å². The summed E-state index contributed by atoms with van der Waals surface area (Å²) >= 11 is 0. The molecule has 0 unspecified atom stereocenters. The first kappa shape index (κ1) is 14.3. The molecule has 4 aliphatic rings. The van der Waals surface area contributed by atoms with E-state index >= 15 is 0 Å². The van der Waals surface area contributed by atoms with Gasteiger partial charge in [0, 0.05) is 6.04 Å². The van der Waals surface area contributed by atoms with Gasteiger partial charge in [0.1, 0.15) is 0 Å². The van der Waals surface area contributed by atoms with Gasteiger partial charge in [-0.1, -0.05) is 18.6 Å². The van der Waals surface area contributed by atoms with E-state index in [2.05, 4.69) is 25.4 Å². The van der Waals surface area contributed by atoms with Gasteiger partial charge in [-0.15, -0.1) is 0 Å². The minimum Gasteiger partial charge on any atom is -0.393 e. The molecule has 0 radical (unpaired) electrons. The van der Waals surface area contributed by atoms with Crippen LogP contribution in [0.15, 0.2) is 11.6 Å². The van der Waals surface area contributed by atoms with Gasteiger partial charge in [-0.25, -0.2) is 0 Å². The zero-order chi connectivity index (χ0) is 14.6. The second-order valence-electron chi connectivity index (χ2n) is 8.45. The summed E-state index contributed by atoms with van der Waals surface area (Å²) in [6, 6.07) is 0.738. The van der Waals surface area contributed by atoms with Crippen molar-refractivity contribution in [2.45, 2.75) is 70.4 Å². The molecule has 0 aromatic heterocycles. The van der Waals surface area contributed by atoms with Crippen LogP contribution in [0.1, 0.15) is 58.3 Å². The minimum absolute atomic E-state index is 0.0574. The molecule has 21 heavy (non-hydrogen) atoms.